The first kappa shape index (κ1) is 28.7. The van der Waals surface area contributed by atoms with Crippen LogP contribution in [0.3, 0.4) is 0 Å². The number of anilines is 1. The van der Waals surface area contributed by atoms with Gasteiger partial charge in [0, 0.05) is 12.2 Å². The van der Waals surface area contributed by atoms with E-state index >= 15 is 0 Å². The number of hydrogen-bond donors (Lipinski definition) is 2. The van der Waals surface area contributed by atoms with Crippen LogP contribution in [0.2, 0.25) is 0 Å². The molecule has 6 heteroatoms. The average Bonchev–Trinajstić information content (AvgIpc) is 2.88. The van der Waals surface area contributed by atoms with Gasteiger partial charge in [0.05, 0.1) is 0 Å². The number of nitrogens with zero attached hydrogens (tertiary/aromatic N) is 1. The Kier molecular flexibility index (Phi) is 9.01. The van der Waals surface area contributed by atoms with Crippen molar-refractivity contribution in [3.63, 3.8) is 0 Å². The van der Waals surface area contributed by atoms with E-state index in [1.54, 1.807) is 0 Å². The molecule has 0 radical (unpaired) electrons. The number of benzene rings is 4. The third-order valence-corrected chi connectivity index (χ3v) is 7.86. The first-order valence-electron chi connectivity index (χ1n) is 13.4. The fraction of sp³-hybridized carbons (Fsp3) is 0.303. The van der Waals surface area contributed by atoms with Gasteiger partial charge >= 0.3 is 0 Å². The van der Waals surface area contributed by atoms with Gasteiger partial charge in [0.15, 0.2) is 16.3 Å². The van der Waals surface area contributed by atoms with Gasteiger partial charge in [-0.3, -0.25) is 4.79 Å². The summed E-state index contributed by atoms with van der Waals surface area (Å²) in [5.41, 5.74) is 6.33. The molecule has 0 aromatic heterocycles. The van der Waals surface area contributed by atoms with Crippen molar-refractivity contribution in [1.29, 1.82) is 0 Å². The van der Waals surface area contributed by atoms with Crippen LogP contribution < -0.4 is 5.32 Å². The SMILES string of the molecule is CC(C)c1cc(-c2cccc3ccccc23)cc(C(C)C)c1C(C(=O)Nc1ccc(CN(C)C)cc1)S(=O)O. The first-order chi connectivity index (χ1) is 18.6. The average molecular weight is 543 g/mol. The number of hydrogen-bond acceptors (Lipinski definition) is 3. The fourth-order valence-electron chi connectivity index (χ4n) is 5.18. The summed E-state index contributed by atoms with van der Waals surface area (Å²) in [6.07, 6.45) is 0. The molecule has 39 heavy (non-hydrogen) atoms. The minimum atomic E-state index is -2.42. The van der Waals surface area contributed by atoms with Crippen molar-refractivity contribution in [2.75, 3.05) is 19.4 Å². The van der Waals surface area contributed by atoms with Crippen LogP contribution in [0.1, 0.15) is 67.0 Å². The molecule has 0 spiro atoms. The smallest absolute Gasteiger partial charge is 0.247 e. The van der Waals surface area contributed by atoms with Crippen LogP contribution in [-0.4, -0.2) is 33.7 Å². The summed E-state index contributed by atoms with van der Waals surface area (Å²) < 4.78 is 23.3. The summed E-state index contributed by atoms with van der Waals surface area (Å²) in [4.78, 5) is 15.7. The predicted octanol–water partition coefficient (Wildman–Crippen LogP) is 7.72. The van der Waals surface area contributed by atoms with Crippen LogP contribution in [0.15, 0.2) is 78.9 Å². The molecule has 0 aliphatic heterocycles. The normalized spacial score (nSPS) is 13.3. The van der Waals surface area contributed by atoms with Gasteiger partial charge in [0.25, 0.3) is 0 Å². The number of carbonyl (C=O) groups excluding carboxylic acids is 1. The Balaban J connectivity index is 1.81. The summed E-state index contributed by atoms with van der Waals surface area (Å²) in [7, 11) is 4.00. The maximum absolute atomic E-state index is 13.6. The molecule has 4 rings (SSSR count). The summed E-state index contributed by atoms with van der Waals surface area (Å²) in [6.45, 7) is 9.04. The lowest BCUT2D eigenvalue weighted by molar-refractivity contribution is -0.116. The highest BCUT2D eigenvalue weighted by Gasteiger charge is 2.33. The Morgan fingerprint density at radius 1 is 0.872 bits per heavy atom. The Bertz CT molecular complexity index is 1460. The number of rotatable bonds is 9. The molecule has 5 nitrogen and oxygen atoms in total. The second kappa shape index (κ2) is 12.2. The second-order valence-electron chi connectivity index (χ2n) is 11.0. The third kappa shape index (κ3) is 6.47. The first-order valence-corrected chi connectivity index (χ1v) is 14.5. The highest BCUT2D eigenvalue weighted by molar-refractivity contribution is 7.80. The molecule has 204 valence electrons. The van der Waals surface area contributed by atoms with Gasteiger partial charge in [0.1, 0.15) is 0 Å². The van der Waals surface area contributed by atoms with Crippen LogP contribution in [0.5, 0.6) is 0 Å². The molecule has 2 atom stereocenters. The Morgan fingerprint density at radius 3 is 2.03 bits per heavy atom. The zero-order chi connectivity index (χ0) is 28.3. The van der Waals surface area contributed by atoms with Gasteiger partial charge in [-0.05, 0) is 82.2 Å². The molecule has 2 unspecified atom stereocenters. The molecule has 0 aliphatic carbocycles. The Labute approximate surface area is 234 Å². The standard InChI is InChI=1S/C33H38N2O3S/c1-21(2)29-18-25(28-13-9-11-24-10-7-8-12-27(24)28)19-30(22(3)4)31(29)32(39(37)38)33(36)34-26-16-14-23(15-17-26)20-35(5)6/h7-19,21-22,32H,20H2,1-6H3,(H,34,36)(H,37,38). The highest BCUT2D eigenvalue weighted by Crippen LogP contribution is 2.40. The summed E-state index contributed by atoms with van der Waals surface area (Å²) in [5.74, 6) is -0.411. The highest BCUT2D eigenvalue weighted by atomic mass is 32.2. The van der Waals surface area contributed by atoms with Crippen LogP contribution in [0.4, 0.5) is 5.69 Å². The van der Waals surface area contributed by atoms with Crippen molar-refractivity contribution in [2.24, 2.45) is 0 Å². The third-order valence-electron chi connectivity index (χ3n) is 7.01. The largest absolute Gasteiger partial charge is 0.325 e. The van der Waals surface area contributed by atoms with E-state index in [2.05, 4.69) is 80.4 Å². The zero-order valence-electron chi connectivity index (χ0n) is 23.6. The minimum absolute atomic E-state index is 0.0385. The molecular formula is C33H38N2O3S. The summed E-state index contributed by atoms with van der Waals surface area (Å²) >= 11 is -2.42. The number of amides is 1. The molecule has 4 aromatic carbocycles. The second-order valence-corrected chi connectivity index (χ2v) is 12.0. The molecule has 0 saturated carbocycles. The predicted molar refractivity (Wildman–Crippen MR) is 164 cm³/mol. The van der Waals surface area contributed by atoms with Crippen molar-refractivity contribution in [3.8, 4) is 11.1 Å². The summed E-state index contributed by atoms with van der Waals surface area (Å²) in [5, 5.41) is 3.98. The van der Waals surface area contributed by atoms with E-state index in [4.69, 9.17) is 0 Å². The van der Waals surface area contributed by atoms with E-state index in [-0.39, 0.29) is 11.8 Å². The maximum atomic E-state index is 13.6. The summed E-state index contributed by atoms with van der Waals surface area (Å²) in [6, 6.07) is 26.3. The maximum Gasteiger partial charge on any atom is 0.247 e. The van der Waals surface area contributed by atoms with Crippen LogP contribution in [0, 0.1) is 0 Å². The van der Waals surface area contributed by atoms with Crippen molar-refractivity contribution in [1.82, 2.24) is 4.90 Å². The molecule has 4 aromatic rings. The molecule has 0 bridgehead atoms. The van der Waals surface area contributed by atoms with E-state index in [1.165, 1.54) is 0 Å². The topological polar surface area (TPSA) is 69.6 Å². The van der Waals surface area contributed by atoms with Gasteiger partial charge < -0.3 is 14.8 Å². The van der Waals surface area contributed by atoms with Crippen molar-refractivity contribution in [2.45, 2.75) is 51.3 Å². The van der Waals surface area contributed by atoms with E-state index in [0.717, 1.165) is 45.1 Å². The molecule has 0 fully saturated rings. The minimum Gasteiger partial charge on any atom is -0.325 e. The zero-order valence-corrected chi connectivity index (χ0v) is 24.4. The van der Waals surface area contributed by atoms with E-state index in [0.29, 0.717) is 11.3 Å². The van der Waals surface area contributed by atoms with Crippen molar-refractivity contribution >= 4 is 33.4 Å². The molecular weight excluding hydrogens is 504 g/mol. The molecule has 0 aliphatic rings. The van der Waals surface area contributed by atoms with Gasteiger partial charge in [0.2, 0.25) is 5.91 Å². The van der Waals surface area contributed by atoms with Crippen molar-refractivity contribution in [3.05, 3.63) is 101 Å². The Hall–Kier alpha value is -3.32. The van der Waals surface area contributed by atoms with Crippen molar-refractivity contribution < 1.29 is 13.6 Å². The lowest BCUT2D eigenvalue weighted by Gasteiger charge is -2.26. The van der Waals surface area contributed by atoms with E-state index < -0.39 is 22.2 Å². The lowest BCUT2D eigenvalue weighted by Crippen LogP contribution is -2.27. The number of fused-ring (bicyclic) bond motifs is 1. The molecule has 0 saturated heterocycles. The molecule has 0 heterocycles. The van der Waals surface area contributed by atoms with Crippen LogP contribution in [-0.2, 0) is 22.4 Å². The molecule has 2 N–H and O–H groups in total. The number of nitrogens with one attached hydrogen (secondary N) is 1. The van der Waals surface area contributed by atoms with Gasteiger partial charge in [-0.2, -0.15) is 0 Å². The quantitative estimate of drug-likeness (QED) is 0.213. The lowest BCUT2D eigenvalue weighted by atomic mass is 9.83. The molecule has 1 amide bonds. The fourth-order valence-corrected chi connectivity index (χ4v) is 5.90. The number of carbonyl (C=O) groups is 1. The van der Waals surface area contributed by atoms with Gasteiger partial charge in [-0.15, -0.1) is 0 Å². The monoisotopic (exact) mass is 542 g/mol. The Morgan fingerprint density at radius 2 is 1.46 bits per heavy atom. The van der Waals surface area contributed by atoms with E-state index in [9.17, 15) is 13.6 Å². The van der Waals surface area contributed by atoms with E-state index in [1.807, 2.05) is 50.5 Å². The van der Waals surface area contributed by atoms with Crippen LogP contribution in [0.25, 0.3) is 21.9 Å². The van der Waals surface area contributed by atoms with Gasteiger partial charge in [-0.25, -0.2) is 4.21 Å². The van der Waals surface area contributed by atoms with Gasteiger partial charge in [-0.1, -0.05) is 94.4 Å². The van der Waals surface area contributed by atoms with Crippen LogP contribution >= 0.6 is 0 Å².